The zero-order valence-electron chi connectivity index (χ0n) is 12.5. The second-order valence-corrected chi connectivity index (χ2v) is 5.78. The van der Waals surface area contributed by atoms with Gasteiger partial charge in [0.2, 0.25) is 0 Å². The Morgan fingerprint density at radius 1 is 1.24 bits per heavy atom. The van der Waals surface area contributed by atoms with Crippen LogP contribution in [0.5, 0.6) is 5.75 Å². The summed E-state index contributed by atoms with van der Waals surface area (Å²) >= 11 is 0. The maximum atomic E-state index is 12.1. The molecule has 0 radical (unpaired) electrons. The molecule has 0 saturated carbocycles. The van der Waals surface area contributed by atoms with Crippen molar-refractivity contribution in [3.63, 3.8) is 0 Å². The van der Waals surface area contributed by atoms with Gasteiger partial charge < -0.3 is 15.4 Å². The second kappa shape index (κ2) is 7.71. The molecule has 1 unspecified atom stereocenters. The third kappa shape index (κ3) is 5.25. The minimum atomic E-state index is -2.76. The van der Waals surface area contributed by atoms with Crippen LogP contribution in [-0.2, 0) is 6.42 Å². The number of hydrogen-bond donors (Lipinski definition) is 1. The van der Waals surface area contributed by atoms with Crippen LogP contribution in [0.1, 0.15) is 31.7 Å². The highest BCUT2D eigenvalue weighted by atomic mass is 19.3. The molecule has 21 heavy (non-hydrogen) atoms. The van der Waals surface area contributed by atoms with E-state index < -0.39 is 6.61 Å². The largest absolute Gasteiger partial charge is 0.435 e. The molecule has 0 aliphatic carbocycles. The van der Waals surface area contributed by atoms with Gasteiger partial charge in [-0.25, -0.2) is 0 Å². The molecular weight excluding hydrogens is 274 g/mol. The summed E-state index contributed by atoms with van der Waals surface area (Å²) in [5.74, 6) is 0.215. The molecule has 1 heterocycles. The Morgan fingerprint density at radius 3 is 2.43 bits per heavy atom. The van der Waals surface area contributed by atoms with Crippen molar-refractivity contribution in [3.8, 4) is 5.75 Å². The van der Waals surface area contributed by atoms with E-state index in [1.165, 1.54) is 0 Å². The van der Waals surface area contributed by atoms with Crippen molar-refractivity contribution in [1.82, 2.24) is 4.90 Å². The maximum absolute atomic E-state index is 12.1. The summed E-state index contributed by atoms with van der Waals surface area (Å²) in [7, 11) is 0. The van der Waals surface area contributed by atoms with Gasteiger partial charge in [-0.1, -0.05) is 12.1 Å². The summed E-state index contributed by atoms with van der Waals surface area (Å²) in [5, 5.41) is 0. The SMILES string of the molecule is CC(CCc1ccc(OC(F)F)cc1)N1CCC(N)CC1. The summed E-state index contributed by atoms with van der Waals surface area (Å²) in [4.78, 5) is 2.48. The Bertz CT molecular complexity index is 417. The van der Waals surface area contributed by atoms with Crippen LogP contribution >= 0.6 is 0 Å². The second-order valence-electron chi connectivity index (χ2n) is 5.78. The number of alkyl halides is 2. The smallest absolute Gasteiger partial charge is 0.387 e. The molecule has 1 atom stereocenters. The summed E-state index contributed by atoms with van der Waals surface area (Å²) in [6.07, 6.45) is 4.15. The highest BCUT2D eigenvalue weighted by molar-refractivity contribution is 5.27. The molecule has 1 fully saturated rings. The maximum Gasteiger partial charge on any atom is 0.387 e. The molecule has 5 heteroatoms. The molecule has 0 aromatic heterocycles. The molecule has 118 valence electrons. The van der Waals surface area contributed by atoms with Crippen LogP contribution in [0.25, 0.3) is 0 Å². The molecule has 2 rings (SSSR count). The molecule has 2 N–H and O–H groups in total. The van der Waals surface area contributed by atoms with Gasteiger partial charge in [-0.15, -0.1) is 0 Å². The lowest BCUT2D eigenvalue weighted by Crippen LogP contribution is -2.44. The first-order valence-electron chi connectivity index (χ1n) is 7.58. The Labute approximate surface area is 125 Å². The van der Waals surface area contributed by atoms with Crippen molar-refractivity contribution in [2.45, 2.75) is 51.3 Å². The number of piperidine rings is 1. The van der Waals surface area contributed by atoms with Crippen molar-refractivity contribution < 1.29 is 13.5 Å². The van der Waals surface area contributed by atoms with Gasteiger partial charge in [0.1, 0.15) is 5.75 Å². The summed E-state index contributed by atoms with van der Waals surface area (Å²) < 4.78 is 28.5. The van der Waals surface area contributed by atoms with Crippen LogP contribution < -0.4 is 10.5 Å². The van der Waals surface area contributed by atoms with Crippen LogP contribution in [0.15, 0.2) is 24.3 Å². The minimum absolute atomic E-state index is 0.215. The van der Waals surface area contributed by atoms with E-state index in [0.29, 0.717) is 12.1 Å². The fourth-order valence-corrected chi connectivity index (χ4v) is 2.76. The quantitative estimate of drug-likeness (QED) is 0.877. The average Bonchev–Trinajstić information content (AvgIpc) is 2.46. The third-order valence-corrected chi connectivity index (χ3v) is 4.20. The lowest BCUT2D eigenvalue weighted by atomic mass is 10.0. The van der Waals surface area contributed by atoms with E-state index in [-0.39, 0.29) is 5.75 Å². The normalized spacial score (nSPS) is 18.9. The minimum Gasteiger partial charge on any atom is -0.435 e. The topological polar surface area (TPSA) is 38.5 Å². The number of halogens is 2. The Balaban J connectivity index is 1.77. The van der Waals surface area contributed by atoms with Crippen LogP contribution in [0.4, 0.5) is 8.78 Å². The van der Waals surface area contributed by atoms with E-state index in [1.807, 2.05) is 12.1 Å². The third-order valence-electron chi connectivity index (χ3n) is 4.20. The van der Waals surface area contributed by atoms with Crippen LogP contribution in [0, 0.1) is 0 Å². The number of nitrogens with zero attached hydrogens (tertiary/aromatic N) is 1. The van der Waals surface area contributed by atoms with Crippen molar-refractivity contribution >= 4 is 0 Å². The average molecular weight is 298 g/mol. The predicted molar refractivity (Wildman–Crippen MR) is 79.6 cm³/mol. The van der Waals surface area contributed by atoms with Gasteiger partial charge >= 0.3 is 6.61 Å². The number of nitrogens with two attached hydrogens (primary N) is 1. The molecule has 0 amide bonds. The van der Waals surface area contributed by atoms with Gasteiger partial charge in [-0.05, 0) is 63.4 Å². The van der Waals surface area contributed by atoms with E-state index in [1.54, 1.807) is 12.1 Å². The van der Waals surface area contributed by atoms with Gasteiger partial charge in [-0.3, -0.25) is 0 Å². The van der Waals surface area contributed by atoms with Gasteiger partial charge in [0.15, 0.2) is 0 Å². The highest BCUT2D eigenvalue weighted by Crippen LogP contribution is 2.18. The predicted octanol–water partition coefficient (Wildman–Crippen LogP) is 3.03. The number of benzene rings is 1. The van der Waals surface area contributed by atoms with Crippen molar-refractivity contribution in [3.05, 3.63) is 29.8 Å². The standard InChI is InChI=1S/C16H24F2N2O/c1-12(20-10-8-14(19)9-11-20)2-3-13-4-6-15(7-5-13)21-16(17)18/h4-7,12,14,16H,2-3,8-11,19H2,1H3. The lowest BCUT2D eigenvalue weighted by Gasteiger charge is -2.34. The zero-order valence-corrected chi connectivity index (χ0v) is 12.5. The van der Waals surface area contributed by atoms with Crippen molar-refractivity contribution in [2.24, 2.45) is 5.73 Å². The number of aryl methyl sites for hydroxylation is 1. The van der Waals surface area contributed by atoms with Gasteiger partial charge in [-0.2, -0.15) is 8.78 Å². The fraction of sp³-hybridized carbons (Fsp3) is 0.625. The van der Waals surface area contributed by atoms with E-state index in [2.05, 4.69) is 16.6 Å². The molecule has 1 aliphatic heterocycles. The first-order chi connectivity index (χ1) is 10.0. The zero-order chi connectivity index (χ0) is 15.2. The first kappa shape index (κ1) is 16.2. The van der Waals surface area contributed by atoms with Gasteiger partial charge in [0.25, 0.3) is 0 Å². The summed E-state index contributed by atoms with van der Waals surface area (Å²) in [5.41, 5.74) is 7.07. The first-order valence-corrected chi connectivity index (χ1v) is 7.58. The number of likely N-dealkylation sites (tertiary alicyclic amines) is 1. The molecule has 1 saturated heterocycles. The van der Waals surface area contributed by atoms with E-state index in [9.17, 15) is 8.78 Å². The molecule has 1 aliphatic rings. The van der Waals surface area contributed by atoms with Crippen LogP contribution in [0.2, 0.25) is 0 Å². The van der Waals surface area contributed by atoms with Crippen molar-refractivity contribution in [2.75, 3.05) is 13.1 Å². The fourth-order valence-electron chi connectivity index (χ4n) is 2.76. The van der Waals surface area contributed by atoms with Gasteiger partial charge in [0, 0.05) is 12.1 Å². The monoisotopic (exact) mass is 298 g/mol. The molecular formula is C16H24F2N2O. The Kier molecular flexibility index (Phi) is 5.94. The number of rotatable bonds is 6. The molecule has 0 spiro atoms. The summed E-state index contributed by atoms with van der Waals surface area (Å²) in [6.45, 7) is 1.62. The highest BCUT2D eigenvalue weighted by Gasteiger charge is 2.20. The molecule has 0 bridgehead atoms. The lowest BCUT2D eigenvalue weighted by molar-refractivity contribution is -0.0498. The molecule has 1 aromatic rings. The number of hydrogen-bond acceptors (Lipinski definition) is 3. The molecule has 1 aromatic carbocycles. The van der Waals surface area contributed by atoms with Crippen molar-refractivity contribution in [1.29, 1.82) is 0 Å². The van der Waals surface area contributed by atoms with E-state index in [4.69, 9.17) is 5.73 Å². The Hall–Kier alpha value is -1.20. The van der Waals surface area contributed by atoms with E-state index >= 15 is 0 Å². The van der Waals surface area contributed by atoms with Crippen LogP contribution in [0.3, 0.4) is 0 Å². The molecule has 3 nitrogen and oxygen atoms in total. The number of ether oxygens (including phenoxy) is 1. The van der Waals surface area contributed by atoms with E-state index in [0.717, 1.165) is 44.3 Å². The van der Waals surface area contributed by atoms with Crippen LogP contribution in [-0.4, -0.2) is 36.7 Å². The Morgan fingerprint density at radius 2 is 1.86 bits per heavy atom. The van der Waals surface area contributed by atoms with Gasteiger partial charge in [0.05, 0.1) is 0 Å². The summed E-state index contributed by atoms with van der Waals surface area (Å²) in [6, 6.07) is 7.80.